The third-order valence-corrected chi connectivity index (χ3v) is 5.16. The minimum absolute atomic E-state index is 0.319. The van der Waals surface area contributed by atoms with Crippen LogP contribution in [0, 0.1) is 5.82 Å². The lowest BCUT2D eigenvalue weighted by atomic mass is 10.3. The smallest absolute Gasteiger partial charge is 0.223 e. The maximum atomic E-state index is 13.1. The van der Waals surface area contributed by atoms with Gasteiger partial charge in [0.25, 0.3) is 0 Å². The number of hydrogen-bond acceptors (Lipinski definition) is 7. The molecule has 0 bridgehead atoms. The molecule has 0 aliphatic heterocycles. The molecule has 4 aromatic rings. The maximum Gasteiger partial charge on any atom is 0.223 e. The zero-order valence-electron chi connectivity index (χ0n) is 15.1. The van der Waals surface area contributed by atoms with Crippen LogP contribution in [0.5, 0.6) is 11.6 Å². The van der Waals surface area contributed by atoms with Crippen LogP contribution < -0.4 is 4.74 Å². The highest BCUT2D eigenvalue weighted by Gasteiger charge is 2.30. The van der Waals surface area contributed by atoms with E-state index in [1.807, 2.05) is 12.1 Å². The van der Waals surface area contributed by atoms with E-state index in [4.69, 9.17) is 4.74 Å². The summed E-state index contributed by atoms with van der Waals surface area (Å²) in [6.45, 7) is 0. The van der Waals surface area contributed by atoms with Crippen LogP contribution in [0.3, 0.4) is 0 Å². The average Bonchev–Trinajstić information content (AvgIpc) is 3.51. The van der Waals surface area contributed by atoms with E-state index >= 15 is 0 Å². The Morgan fingerprint density at radius 2 is 1.90 bits per heavy atom. The number of nitrogens with zero attached hydrogens (tertiary/aromatic N) is 6. The number of halogens is 1. The Hall–Kier alpha value is -3.33. The zero-order chi connectivity index (χ0) is 19.6. The number of ether oxygens (including phenoxy) is 1. The fraction of sp³-hybridized carbons (Fsp3) is 0.150. The Bertz CT molecular complexity index is 1130. The van der Waals surface area contributed by atoms with E-state index in [9.17, 15) is 4.39 Å². The topological polar surface area (TPSA) is 78.6 Å². The highest BCUT2D eigenvalue weighted by atomic mass is 32.2. The molecule has 9 heteroatoms. The van der Waals surface area contributed by atoms with Gasteiger partial charge >= 0.3 is 0 Å². The van der Waals surface area contributed by atoms with Gasteiger partial charge in [0.1, 0.15) is 11.6 Å². The summed E-state index contributed by atoms with van der Waals surface area (Å²) in [5.41, 5.74) is 0.924. The van der Waals surface area contributed by atoms with E-state index in [1.165, 1.54) is 23.9 Å². The Balaban J connectivity index is 1.41. The lowest BCUT2D eigenvalue weighted by molar-refractivity contribution is 0.454. The van der Waals surface area contributed by atoms with Crippen LogP contribution in [-0.4, -0.2) is 29.7 Å². The standard InChI is InChI=1S/C20H15FN6OS/c21-14-3-7-16(8-4-14)28-17-9-11-23-19(24-17)29-20-26-25-18(27(20)15-5-6-15)13-2-1-10-22-12-13/h1-4,7-12,15H,5-6H2. The summed E-state index contributed by atoms with van der Waals surface area (Å²) in [7, 11) is 0. The predicted molar refractivity (Wildman–Crippen MR) is 104 cm³/mol. The Labute approximate surface area is 170 Å². The van der Waals surface area contributed by atoms with E-state index in [0.717, 1.165) is 29.4 Å². The molecule has 0 radical (unpaired) electrons. The van der Waals surface area contributed by atoms with Gasteiger partial charge in [0.05, 0.1) is 0 Å². The Morgan fingerprint density at radius 3 is 2.66 bits per heavy atom. The van der Waals surface area contributed by atoms with E-state index in [-0.39, 0.29) is 5.82 Å². The number of rotatable bonds is 6. The van der Waals surface area contributed by atoms with Gasteiger partial charge in [0.15, 0.2) is 16.1 Å². The molecule has 0 saturated heterocycles. The number of pyridine rings is 1. The van der Waals surface area contributed by atoms with Crippen molar-refractivity contribution in [1.29, 1.82) is 0 Å². The van der Waals surface area contributed by atoms with Crippen LogP contribution >= 0.6 is 11.8 Å². The average molecular weight is 406 g/mol. The van der Waals surface area contributed by atoms with Crippen molar-refractivity contribution in [3.63, 3.8) is 0 Å². The van der Waals surface area contributed by atoms with Gasteiger partial charge in [-0.25, -0.2) is 9.37 Å². The lowest BCUT2D eigenvalue weighted by Crippen LogP contribution is -2.00. The molecule has 1 aliphatic carbocycles. The van der Waals surface area contributed by atoms with E-state index in [2.05, 4.69) is 29.7 Å². The molecule has 1 saturated carbocycles. The zero-order valence-corrected chi connectivity index (χ0v) is 16.0. The van der Waals surface area contributed by atoms with E-state index in [1.54, 1.807) is 36.8 Å². The molecular weight excluding hydrogens is 391 g/mol. The number of hydrogen-bond donors (Lipinski definition) is 0. The molecule has 7 nitrogen and oxygen atoms in total. The summed E-state index contributed by atoms with van der Waals surface area (Å²) in [5, 5.41) is 9.95. The fourth-order valence-electron chi connectivity index (χ4n) is 2.84. The molecule has 0 N–H and O–H groups in total. The lowest BCUT2D eigenvalue weighted by Gasteiger charge is -2.08. The van der Waals surface area contributed by atoms with Crippen LogP contribution in [0.2, 0.25) is 0 Å². The molecule has 1 aliphatic rings. The number of benzene rings is 1. The van der Waals surface area contributed by atoms with Crippen molar-refractivity contribution >= 4 is 11.8 Å². The van der Waals surface area contributed by atoms with Crippen LogP contribution in [0.25, 0.3) is 11.4 Å². The monoisotopic (exact) mass is 406 g/mol. The molecule has 1 aromatic carbocycles. The van der Waals surface area contributed by atoms with Crippen molar-refractivity contribution in [3.05, 3.63) is 66.9 Å². The van der Waals surface area contributed by atoms with Gasteiger partial charge in [-0.15, -0.1) is 10.2 Å². The molecule has 0 spiro atoms. The molecule has 0 unspecified atom stereocenters. The highest BCUT2D eigenvalue weighted by molar-refractivity contribution is 7.99. The van der Waals surface area contributed by atoms with Gasteiger partial charge in [0.2, 0.25) is 5.88 Å². The summed E-state index contributed by atoms with van der Waals surface area (Å²) in [5.74, 6) is 1.35. The molecule has 3 aromatic heterocycles. The van der Waals surface area contributed by atoms with E-state index < -0.39 is 0 Å². The number of aromatic nitrogens is 6. The molecular formula is C20H15FN6OS. The second-order valence-corrected chi connectivity index (χ2v) is 7.42. The summed E-state index contributed by atoms with van der Waals surface area (Å²) < 4.78 is 20.9. The van der Waals surface area contributed by atoms with Crippen LogP contribution in [0.4, 0.5) is 4.39 Å². The fourth-order valence-corrected chi connectivity index (χ4v) is 3.66. The summed E-state index contributed by atoms with van der Waals surface area (Å²) >= 11 is 1.33. The third-order valence-electron chi connectivity index (χ3n) is 4.32. The molecule has 5 rings (SSSR count). The summed E-state index contributed by atoms with van der Waals surface area (Å²) in [6, 6.07) is 11.7. The first kappa shape index (κ1) is 17.7. The Morgan fingerprint density at radius 1 is 1.03 bits per heavy atom. The van der Waals surface area contributed by atoms with Crippen LogP contribution in [0.1, 0.15) is 18.9 Å². The van der Waals surface area contributed by atoms with Gasteiger partial charge in [-0.05, 0) is 61.0 Å². The van der Waals surface area contributed by atoms with Crippen LogP contribution in [-0.2, 0) is 0 Å². The minimum atomic E-state index is -0.319. The van der Waals surface area contributed by atoms with Gasteiger partial charge in [-0.1, -0.05) is 0 Å². The molecule has 0 atom stereocenters. The maximum absolute atomic E-state index is 13.1. The molecule has 144 valence electrons. The SMILES string of the molecule is Fc1ccc(Oc2ccnc(Sc3nnc(-c4cccnc4)n3C3CC3)n2)cc1. The molecule has 29 heavy (non-hydrogen) atoms. The van der Waals surface area contributed by atoms with Crippen molar-refractivity contribution in [2.24, 2.45) is 0 Å². The Kier molecular flexibility index (Phi) is 4.65. The predicted octanol–water partition coefficient (Wildman–Crippen LogP) is 4.55. The van der Waals surface area contributed by atoms with Gasteiger partial charge in [-0.3, -0.25) is 9.55 Å². The summed E-state index contributed by atoms with van der Waals surface area (Å²) in [4.78, 5) is 12.9. The largest absolute Gasteiger partial charge is 0.439 e. The van der Waals surface area contributed by atoms with Crippen molar-refractivity contribution in [1.82, 2.24) is 29.7 Å². The first-order valence-electron chi connectivity index (χ1n) is 9.06. The van der Waals surface area contributed by atoms with Crippen molar-refractivity contribution in [3.8, 4) is 23.0 Å². The van der Waals surface area contributed by atoms with Gasteiger partial charge < -0.3 is 4.74 Å². The molecule has 1 fully saturated rings. The molecule has 0 amide bonds. The normalized spacial score (nSPS) is 13.4. The van der Waals surface area contributed by atoms with E-state index in [0.29, 0.717) is 22.8 Å². The first-order chi connectivity index (χ1) is 14.3. The minimum Gasteiger partial charge on any atom is -0.439 e. The summed E-state index contributed by atoms with van der Waals surface area (Å²) in [6.07, 6.45) is 7.32. The first-order valence-corrected chi connectivity index (χ1v) is 9.87. The van der Waals surface area contributed by atoms with Gasteiger partial charge in [-0.2, -0.15) is 4.98 Å². The third kappa shape index (κ3) is 3.95. The second kappa shape index (κ2) is 7.59. The van der Waals surface area contributed by atoms with Crippen LogP contribution in [0.15, 0.2) is 71.4 Å². The quantitative estimate of drug-likeness (QED) is 0.435. The van der Waals surface area contributed by atoms with Crippen molar-refractivity contribution in [2.45, 2.75) is 29.2 Å². The van der Waals surface area contributed by atoms with Crippen molar-refractivity contribution in [2.75, 3.05) is 0 Å². The van der Waals surface area contributed by atoms with Gasteiger partial charge in [0, 0.05) is 36.3 Å². The van der Waals surface area contributed by atoms with Crippen molar-refractivity contribution < 1.29 is 9.13 Å². The second-order valence-electron chi connectivity index (χ2n) is 6.48. The molecule has 3 heterocycles. The highest BCUT2D eigenvalue weighted by Crippen LogP contribution is 2.41.